The number of nitrogens with one attached hydrogen (secondary N) is 1. The van der Waals surface area contributed by atoms with Crippen LogP contribution in [0.2, 0.25) is 0 Å². The summed E-state index contributed by atoms with van der Waals surface area (Å²) in [7, 11) is 0. The van der Waals surface area contributed by atoms with E-state index in [-0.39, 0.29) is 11.3 Å². The van der Waals surface area contributed by atoms with Crippen LogP contribution in [-0.4, -0.2) is 9.97 Å². The van der Waals surface area contributed by atoms with Gasteiger partial charge in [-0.25, -0.2) is 18.7 Å². The Morgan fingerprint density at radius 3 is 2.39 bits per heavy atom. The van der Waals surface area contributed by atoms with E-state index in [0.717, 1.165) is 33.6 Å². The molecule has 0 spiro atoms. The highest BCUT2D eigenvalue weighted by molar-refractivity contribution is 5.73. The molecule has 1 N–H and O–H groups in total. The molecule has 1 unspecified atom stereocenters. The Morgan fingerprint density at radius 2 is 1.67 bits per heavy atom. The van der Waals surface area contributed by atoms with E-state index in [4.69, 9.17) is 4.98 Å². The molecular formula is C28H25F2N3. The Balaban J connectivity index is 1.48. The van der Waals surface area contributed by atoms with E-state index < -0.39 is 11.6 Å². The van der Waals surface area contributed by atoms with E-state index in [9.17, 15) is 8.78 Å². The third-order valence-electron chi connectivity index (χ3n) is 6.23. The lowest BCUT2D eigenvalue weighted by Crippen LogP contribution is -2.15. The first-order chi connectivity index (χ1) is 15.8. The lowest BCUT2D eigenvalue weighted by atomic mass is 9.78. The molecule has 1 aliphatic rings. The van der Waals surface area contributed by atoms with Crippen molar-refractivity contribution in [1.82, 2.24) is 9.97 Å². The quantitative estimate of drug-likeness (QED) is 0.367. The molecule has 166 valence electrons. The maximum absolute atomic E-state index is 13.9. The molecule has 1 atom stereocenters. The number of halogens is 2. The van der Waals surface area contributed by atoms with Crippen molar-refractivity contribution in [3.05, 3.63) is 107 Å². The van der Waals surface area contributed by atoms with Crippen LogP contribution in [0.1, 0.15) is 48.9 Å². The molecule has 0 radical (unpaired) electrons. The van der Waals surface area contributed by atoms with Crippen molar-refractivity contribution in [2.45, 2.75) is 38.5 Å². The molecular weight excluding hydrogens is 416 g/mol. The molecule has 3 nitrogen and oxygen atoms in total. The van der Waals surface area contributed by atoms with Crippen LogP contribution in [0, 0.1) is 11.6 Å². The molecule has 0 fully saturated rings. The molecule has 5 heteroatoms. The van der Waals surface area contributed by atoms with E-state index >= 15 is 0 Å². The van der Waals surface area contributed by atoms with Gasteiger partial charge in [-0.15, -0.1) is 0 Å². The first-order valence-corrected chi connectivity index (χ1v) is 11.1. The number of aromatic nitrogens is 2. The van der Waals surface area contributed by atoms with Gasteiger partial charge in [-0.2, -0.15) is 0 Å². The summed E-state index contributed by atoms with van der Waals surface area (Å²) in [5.41, 5.74) is 6.91. The monoisotopic (exact) mass is 441 g/mol. The molecule has 5 rings (SSSR count). The van der Waals surface area contributed by atoms with Crippen LogP contribution >= 0.6 is 0 Å². The molecule has 3 aromatic carbocycles. The zero-order chi connectivity index (χ0) is 23.2. The Morgan fingerprint density at radius 1 is 0.909 bits per heavy atom. The van der Waals surface area contributed by atoms with E-state index in [1.54, 1.807) is 6.07 Å². The molecule has 0 bridgehead atoms. The lowest BCUT2D eigenvalue weighted by Gasteiger charge is -2.27. The van der Waals surface area contributed by atoms with Crippen molar-refractivity contribution in [1.29, 1.82) is 0 Å². The highest BCUT2D eigenvalue weighted by Gasteiger charge is 2.28. The first kappa shape index (κ1) is 21.3. The summed E-state index contributed by atoms with van der Waals surface area (Å²) in [6.07, 6.45) is 2.45. The summed E-state index contributed by atoms with van der Waals surface area (Å²) in [4.78, 5) is 9.36. The van der Waals surface area contributed by atoms with Crippen LogP contribution in [0.4, 0.5) is 20.4 Å². The summed E-state index contributed by atoms with van der Waals surface area (Å²) in [5.74, 6) is -1.23. The number of hydrogen-bond acceptors (Lipinski definition) is 3. The van der Waals surface area contributed by atoms with E-state index in [1.165, 1.54) is 17.7 Å². The van der Waals surface area contributed by atoms with Gasteiger partial charge in [0.2, 0.25) is 5.95 Å². The van der Waals surface area contributed by atoms with Crippen molar-refractivity contribution < 1.29 is 8.78 Å². The van der Waals surface area contributed by atoms with E-state index in [1.807, 2.05) is 42.6 Å². The lowest BCUT2D eigenvalue weighted by molar-refractivity contribution is 0.506. The molecule has 0 aliphatic heterocycles. The first-order valence-electron chi connectivity index (χ1n) is 11.1. The minimum Gasteiger partial charge on any atom is -0.324 e. The summed E-state index contributed by atoms with van der Waals surface area (Å²) < 4.78 is 27.5. The van der Waals surface area contributed by atoms with Gasteiger partial charge >= 0.3 is 0 Å². The molecule has 1 aliphatic carbocycles. The topological polar surface area (TPSA) is 37.8 Å². The largest absolute Gasteiger partial charge is 0.324 e. The zero-order valence-electron chi connectivity index (χ0n) is 18.9. The maximum Gasteiger partial charge on any atom is 0.227 e. The van der Waals surface area contributed by atoms with E-state index in [2.05, 4.69) is 43.2 Å². The summed E-state index contributed by atoms with van der Waals surface area (Å²) in [5, 5.41) is 3.31. The smallest absolute Gasteiger partial charge is 0.227 e. The van der Waals surface area contributed by atoms with Crippen molar-refractivity contribution in [3.8, 4) is 11.3 Å². The van der Waals surface area contributed by atoms with Gasteiger partial charge in [0.1, 0.15) is 0 Å². The third kappa shape index (κ3) is 4.11. The molecule has 33 heavy (non-hydrogen) atoms. The number of benzene rings is 3. The Labute approximate surface area is 192 Å². The molecule has 0 saturated heterocycles. The van der Waals surface area contributed by atoms with Crippen LogP contribution in [0.5, 0.6) is 0 Å². The van der Waals surface area contributed by atoms with Crippen molar-refractivity contribution >= 4 is 11.6 Å². The number of hydrogen-bond donors (Lipinski definition) is 1. The Bertz CT molecular complexity index is 1320. The fraction of sp³-hybridized carbons (Fsp3) is 0.214. The predicted octanol–water partition coefficient (Wildman–Crippen LogP) is 7.15. The number of fused-ring (bicyclic) bond motifs is 3. The van der Waals surface area contributed by atoms with Crippen molar-refractivity contribution in [2.75, 3.05) is 5.32 Å². The molecule has 0 saturated carbocycles. The van der Waals surface area contributed by atoms with Crippen molar-refractivity contribution in [3.63, 3.8) is 0 Å². The molecule has 4 aromatic rings. The predicted molar refractivity (Wildman–Crippen MR) is 128 cm³/mol. The normalized spacial score (nSPS) is 15.0. The SMILES string of the molecule is CC(C)(C)c1ccc(Nc2ncc3c(n2)-c2ccccc2C(c2ccc(F)c(F)c2)C3)cc1. The average Bonchev–Trinajstić information content (AvgIpc) is 2.80. The zero-order valence-corrected chi connectivity index (χ0v) is 18.9. The van der Waals surface area contributed by atoms with Gasteiger partial charge in [0, 0.05) is 23.4 Å². The molecule has 0 amide bonds. The van der Waals surface area contributed by atoms with Gasteiger partial charge in [0.25, 0.3) is 0 Å². The fourth-order valence-electron chi connectivity index (χ4n) is 4.41. The number of anilines is 2. The fourth-order valence-corrected chi connectivity index (χ4v) is 4.41. The second-order valence-electron chi connectivity index (χ2n) is 9.54. The third-order valence-corrected chi connectivity index (χ3v) is 6.23. The second-order valence-corrected chi connectivity index (χ2v) is 9.54. The van der Waals surface area contributed by atoms with Crippen LogP contribution in [0.3, 0.4) is 0 Å². The Kier molecular flexibility index (Phi) is 5.20. The Hall–Kier alpha value is -3.60. The van der Waals surface area contributed by atoms with Crippen molar-refractivity contribution in [2.24, 2.45) is 0 Å². The molecule has 1 heterocycles. The number of rotatable bonds is 3. The van der Waals surface area contributed by atoms with Crippen LogP contribution < -0.4 is 5.32 Å². The van der Waals surface area contributed by atoms with Crippen LogP contribution in [-0.2, 0) is 11.8 Å². The van der Waals surface area contributed by atoms with Gasteiger partial charge in [0.05, 0.1) is 5.69 Å². The second kappa shape index (κ2) is 8.07. The van der Waals surface area contributed by atoms with Gasteiger partial charge < -0.3 is 5.32 Å². The summed E-state index contributed by atoms with van der Waals surface area (Å²) in [6.45, 7) is 6.56. The highest BCUT2D eigenvalue weighted by atomic mass is 19.2. The summed E-state index contributed by atoms with van der Waals surface area (Å²) in [6, 6.07) is 20.4. The van der Waals surface area contributed by atoms with Gasteiger partial charge in [-0.05, 0) is 58.4 Å². The summed E-state index contributed by atoms with van der Waals surface area (Å²) >= 11 is 0. The maximum atomic E-state index is 13.9. The minimum absolute atomic E-state index is 0.0869. The van der Waals surface area contributed by atoms with Crippen LogP contribution in [0.15, 0.2) is 72.9 Å². The number of nitrogens with zero attached hydrogens (tertiary/aromatic N) is 2. The minimum atomic E-state index is -0.835. The molecule has 1 aromatic heterocycles. The average molecular weight is 442 g/mol. The van der Waals surface area contributed by atoms with Gasteiger partial charge in [-0.3, -0.25) is 0 Å². The van der Waals surface area contributed by atoms with Crippen LogP contribution in [0.25, 0.3) is 11.3 Å². The van der Waals surface area contributed by atoms with Gasteiger partial charge in [0.15, 0.2) is 11.6 Å². The highest BCUT2D eigenvalue weighted by Crippen LogP contribution is 2.42. The van der Waals surface area contributed by atoms with E-state index in [0.29, 0.717) is 12.4 Å². The standard InChI is InChI=1S/C28H25F2N3/c1-28(2,3)19-9-11-20(12-10-19)32-27-31-16-18-14-23(17-8-13-24(29)25(30)15-17)21-6-4-5-7-22(21)26(18)33-27/h4-13,15-16,23H,14H2,1-3H3,(H,31,32,33). The van der Waals surface area contributed by atoms with Gasteiger partial charge in [-0.1, -0.05) is 63.2 Å².